The molecule has 0 aliphatic carbocycles. The third-order valence-electron chi connectivity index (χ3n) is 4.94. The first-order chi connectivity index (χ1) is 12.0. The Morgan fingerprint density at radius 3 is 2.58 bits per heavy atom. The highest BCUT2D eigenvalue weighted by molar-refractivity contribution is 14.0. The van der Waals surface area contributed by atoms with Crippen molar-refractivity contribution in [2.24, 2.45) is 4.99 Å². The van der Waals surface area contributed by atoms with E-state index in [1.54, 1.807) is 7.11 Å². The zero-order chi connectivity index (χ0) is 18.1. The van der Waals surface area contributed by atoms with E-state index in [4.69, 9.17) is 4.74 Å². The highest BCUT2D eigenvalue weighted by Gasteiger charge is 2.21. The Morgan fingerprint density at radius 2 is 1.92 bits per heavy atom. The Hall–Kier alpha value is -1.02. The van der Waals surface area contributed by atoms with Crippen LogP contribution in [0.4, 0.5) is 0 Å². The summed E-state index contributed by atoms with van der Waals surface area (Å²) in [6.07, 6.45) is 4.05. The van der Waals surface area contributed by atoms with E-state index in [0.717, 1.165) is 31.3 Å². The summed E-state index contributed by atoms with van der Waals surface area (Å²) in [4.78, 5) is 6.88. The number of nitrogens with zero attached hydrogens (tertiary/aromatic N) is 2. The van der Waals surface area contributed by atoms with Crippen LogP contribution in [-0.2, 0) is 5.41 Å². The third kappa shape index (κ3) is 7.31. The predicted octanol–water partition coefficient (Wildman–Crippen LogP) is 3.24. The van der Waals surface area contributed by atoms with Crippen LogP contribution < -0.4 is 15.4 Å². The van der Waals surface area contributed by atoms with E-state index < -0.39 is 0 Å². The molecular weight excluding hydrogens is 439 g/mol. The Kier molecular flexibility index (Phi) is 10.3. The summed E-state index contributed by atoms with van der Waals surface area (Å²) in [6, 6.07) is 8.28. The number of piperidine rings is 1. The molecule has 0 spiro atoms. The maximum atomic E-state index is 5.35. The fraction of sp³-hybridized carbons (Fsp3) is 0.650. The van der Waals surface area contributed by atoms with Gasteiger partial charge in [0.25, 0.3) is 0 Å². The van der Waals surface area contributed by atoms with Crippen LogP contribution in [0.2, 0.25) is 0 Å². The van der Waals surface area contributed by atoms with Crippen LogP contribution in [0.3, 0.4) is 0 Å². The van der Waals surface area contributed by atoms with E-state index in [-0.39, 0.29) is 29.4 Å². The van der Waals surface area contributed by atoms with Gasteiger partial charge in [0.15, 0.2) is 5.96 Å². The number of hydrogen-bond donors (Lipinski definition) is 2. The van der Waals surface area contributed by atoms with Gasteiger partial charge in [0.05, 0.1) is 7.11 Å². The number of methoxy groups -OCH3 is 1. The molecule has 0 atom stereocenters. The quantitative estimate of drug-likeness (QED) is 0.362. The summed E-state index contributed by atoms with van der Waals surface area (Å²) >= 11 is 0. The Bertz CT molecular complexity index is 556. The van der Waals surface area contributed by atoms with Gasteiger partial charge in [0.1, 0.15) is 5.75 Å². The molecule has 6 heteroatoms. The van der Waals surface area contributed by atoms with Crippen molar-refractivity contribution in [3.8, 4) is 5.75 Å². The van der Waals surface area contributed by atoms with E-state index >= 15 is 0 Å². The summed E-state index contributed by atoms with van der Waals surface area (Å²) < 4.78 is 5.35. The monoisotopic (exact) mass is 474 g/mol. The van der Waals surface area contributed by atoms with Crippen LogP contribution in [0, 0.1) is 0 Å². The average molecular weight is 474 g/mol. The molecule has 0 unspecified atom stereocenters. The summed E-state index contributed by atoms with van der Waals surface area (Å²) in [5.74, 6) is 1.77. The smallest absolute Gasteiger partial charge is 0.191 e. The van der Waals surface area contributed by atoms with Crippen molar-refractivity contribution in [2.45, 2.75) is 38.5 Å². The number of guanidine groups is 1. The van der Waals surface area contributed by atoms with E-state index in [2.05, 4.69) is 46.5 Å². The molecule has 0 bridgehead atoms. The van der Waals surface area contributed by atoms with Crippen LogP contribution in [0.15, 0.2) is 29.3 Å². The first kappa shape index (κ1) is 23.0. The number of ether oxygens (including phenoxy) is 1. The maximum Gasteiger partial charge on any atom is 0.191 e. The second-order valence-electron chi connectivity index (χ2n) is 7.37. The van der Waals surface area contributed by atoms with Crippen molar-refractivity contribution in [3.05, 3.63) is 29.8 Å². The van der Waals surface area contributed by atoms with E-state index in [0.29, 0.717) is 0 Å². The number of halogens is 1. The number of likely N-dealkylation sites (tertiary alicyclic amines) is 1. The molecule has 2 N–H and O–H groups in total. The number of aliphatic imine (C=N–C) groups is 1. The zero-order valence-corrected chi connectivity index (χ0v) is 19.0. The summed E-state index contributed by atoms with van der Waals surface area (Å²) in [6.45, 7) is 9.75. The second kappa shape index (κ2) is 11.6. The van der Waals surface area contributed by atoms with Crippen LogP contribution in [-0.4, -0.2) is 57.7 Å². The van der Waals surface area contributed by atoms with Gasteiger partial charge in [-0.1, -0.05) is 32.4 Å². The standard InChI is InChI=1S/C20H34N4O.HI/c1-20(2,17-9-8-10-18(15-17)25-4)16-23-19(21-3)22-11-14-24-12-6-5-7-13-24;/h8-10,15H,5-7,11-14,16H2,1-4H3,(H2,21,22,23);1H. The van der Waals surface area contributed by atoms with Gasteiger partial charge >= 0.3 is 0 Å². The second-order valence-corrected chi connectivity index (χ2v) is 7.37. The van der Waals surface area contributed by atoms with E-state index in [1.807, 2.05) is 19.2 Å². The molecular formula is C20H35IN4O. The Labute approximate surface area is 176 Å². The lowest BCUT2D eigenvalue weighted by molar-refractivity contribution is 0.232. The molecule has 0 saturated carbocycles. The molecule has 26 heavy (non-hydrogen) atoms. The molecule has 0 radical (unpaired) electrons. The summed E-state index contributed by atoms with van der Waals surface area (Å²) in [5, 5.41) is 6.90. The molecule has 0 amide bonds. The Balaban J connectivity index is 0.00000338. The zero-order valence-electron chi connectivity index (χ0n) is 16.7. The minimum atomic E-state index is -0.0149. The summed E-state index contributed by atoms with van der Waals surface area (Å²) in [5.41, 5.74) is 1.24. The predicted molar refractivity (Wildman–Crippen MR) is 121 cm³/mol. The van der Waals surface area contributed by atoms with Crippen molar-refractivity contribution in [3.63, 3.8) is 0 Å². The van der Waals surface area contributed by atoms with Gasteiger partial charge in [-0.2, -0.15) is 0 Å². The largest absolute Gasteiger partial charge is 0.497 e. The Morgan fingerprint density at radius 1 is 1.19 bits per heavy atom. The first-order valence-electron chi connectivity index (χ1n) is 9.36. The fourth-order valence-electron chi connectivity index (χ4n) is 3.19. The number of hydrogen-bond acceptors (Lipinski definition) is 3. The van der Waals surface area contributed by atoms with Crippen molar-refractivity contribution < 1.29 is 4.74 Å². The van der Waals surface area contributed by atoms with Crippen LogP contribution in [0.1, 0.15) is 38.7 Å². The number of nitrogens with one attached hydrogen (secondary N) is 2. The normalized spacial score (nSPS) is 15.9. The van der Waals surface area contributed by atoms with Gasteiger partial charge < -0.3 is 20.3 Å². The average Bonchev–Trinajstić information content (AvgIpc) is 2.65. The number of benzene rings is 1. The molecule has 1 aromatic rings. The van der Waals surface area contributed by atoms with Gasteiger partial charge in [-0.3, -0.25) is 4.99 Å². The molecule has 1 aromatic carbocycles. The highest BCUT2D eigenvalue weighted by atomic mass is 127. The highest BCUT2D eigenvalue weighted by Crippen LogP contribution is 2.25. The topological polar surface area (TPSA) is 48.9 Å². The molecule has 1 aliphatic rings. The van der Waals surface area contributed by atoms with Crippen molar-refractivity contribution >= 4 is 29.9 Å². The third-order valence-corrected chi connectivity index (χ3v) is 4.94. The molecule has 0 aromatic heterocycles. The van der Waals surface area contributed by atoms with Crippen molar-refractivity contribution in [2.75, 3.05) is 46.9 Å². The minimum Gasteiger partial charge on any atom is -0.497 e. The van der Waals surface area contributed by atoms with Gasteiger partial charge in [-0.15, -0.1) is 24.0 Å². The maximum absolute atomic E-state index is 5.35. The fourth-order valence-corrected chi connectivity index (χ4v) is 3.19. The lowest BCUT2D eigenvalue weighted by Gasteiger charge is -2.28. The first-order valence-corrected chi connectivity index (χ1v) is 9.36. The molecule has 1 fully saturated rings. The molecule has 2 rings (SSSR count). The van der Waals surface area contributed by atoms with Crippen molar-refractivity contribution in [1.29, 1.82) is 0 Å². The molecule has 1 aliphatic heterocycles. The number of rotatable bonds is 7. The van der Waals surface area contributed by atoms with E-state index in [9.17, 15) is 0 Å². The van der Waals surface area contributed by atoms with Gasteiger partial charge in [0, 0.05) is 32.1 Å². The van der Waals surface area contributed by atoms with E-state index in [1.165, 1.54) is 37.9 Å². The van der Waals surface area contributed by atoms with Gasteiger partial charge in [-0.25, -0.2) is 0 Å². The summed E-state index contributed by atoms with van der Waals surface area (Å²) in [7, 11) is 3.53. The van der Waals surface area contributed by atoms with Crippen LogP contribution in [0.25, 0.3) is 0 Å². The molecule has 5 nitrogen and oxygen atoms in total. The molecule has 1 saturated heterocycles. The minimum absolute atomic E-state index is 0. The molecule has 1 heterocycles. The van der Waals surface area contributed by atoms with Crippen LogP contribution in [0.5, 0.6) is 5.75 Å². The SMILES string of the molecule is CN=C(NCCN1CCCCC1)NCC(C)(C)c1cccc(OC)c1.I. The lowest BCUT2D eigenvalue weighted by atomic mass is 9.84. The van der Waals surface area contributed by atoms with Gasteiger partial charge in [0.2, 0.25) is 0 Å². The van der Waals surface area contributed by atoms with Crippen LogP contribution >= 0.6 is 24.0 Å². The van der Waals surface area contributed by atoms with Gasteiger partial charge in [-0.05, 0) is 43.6 Å². The molecule has 148 valence electrons. The lowest BCUT2D eigenvalue weighted by Crippen LogP contribution is -2.46. The van der Waals surface area contributed by atoms with Crippen molar-refractivity contribution in [1.82, 2.24) is 15.5 Å².